The van der Waals surface area contributed by atoms with E-state index >= 15 is 0 Å². The lowest BCUT2D eigenvalue weighted by atomic mass is 9.86. The highest BCUT2D eigenvalue weighted by atomic mass is 16.5. The number of ketones is 1. The average molecular weight is 412 g/mol. The second kappa shape index (κ2) is 7.16. The van der Waals surface area contributed by atoms with E-state index in [9.17, 15) is 9.90 Å². The molecule has 1 N–H and O–H groups in total. The van der Waals surface area contributed by atoms with Crippen LogP contribution in [0.15, 0.2) is 24.3 Å². The van der Waals surface area contributed by atoms with E-state index in [0.29, 0.717) is 39.9 Å². The number of carbonyl (C=O) groups is 1. The van der Waals surface area contributed by atoms with Gasteiger partial charge in [-0.05, 0) is 32.1 Å². The molecule has 1 atom stereocenters. The third-order valence-corrected chi connectivity index (χ3v) is 5.37. The highest BCUT2D eigenvalue weighted by Crippen LogP contribution is 2.48. The van der Waals surface area contributed by atoms with Gasteiger partial charge in [0.25, 0.3) is 0 Å². The number of aromatic hydroxyl groups is 1. The molecule has 1 unspecified atom stereocenters. The average Bonchev–Trinajstić information content (AvgIpc) is 2.72. The molecular formula is C23H24O7. The van der Waals surface area contributed by atoms with Gasteiger partial charge in [0.1, 0.15) is 40.8 Å². The van der Waals surface area contributed by atoms with Crippen LogP contribution in [0.4, 0.5) is 0 Å². The van der Waals surface area contributed by atoms with E-state index in [2.05, 4.69) is 0 Å². The van der Waals surface area contributed by atoms with Crippen LogP contribution in [0.3, 0.4) is 0 Å². The lowest BCUT2D eigenvalue weighted by molar-refractivity contribution is 0.0888. The quantitative estimate of drug-likeness (QED) is 0.814. The van der Waals surface area contributed by atoms with Crippen LogP contribution in [-0.2, 0) is 0 Å². The summed E-state index contributed by atoms with van der Waals surface area (Å²) in [5, 5.41) is 10.9. The first-order chi connectivity index (χ1) is 14.3. The van der Waals surface area contributed by atoms with Crippen molar-refractivity contribution < 1.29 is 33.6 Å². The number of fused-ring (bicyclic) bond motifs is 2. The first kappa shape index (κ1) is 19.9. The molecule has 7 heteroatoms. The number of ether oxygens (including phenoxy) is 5. The van der Waals surface area contributed by atoms with E-state index < -0.39 is 11.5 Å². The Bertz CT molecular complexity index is 1050. The fourth-order valence-corrected chi connectivity index (χ4v) is 3.82. The van der Waals surface area contributed by atoms with Gasteiger partial charge in [-0.25, -0.2) is 0 Å². The van der Waals surface area contributed by atoms with Gasteiger partial charge >= 0.3 is 0 Å². The molecule has 0 aliphatic carbocycles. The Hall–Kier alpha value is -3.35. The normalized spacial score (nSPS) is 18.6. The molecule has 30 heavy (non-hydrogen) atoms. The van der Waals surface area contributed by atoms with Crippen molar-refractivity contribution in [2.75, 3.05) is 27.9 Å². The summed E-state index contributed by atoms with van der Waals surface area (Å²) < 4.78 is 28.0. The molecule has 0 amide bonds. The van der Waals surface area contributed by atoms with Crippen LogP contribution in [-0.4, -0.2) is 44.4 Å². The van der Waals surface area contributed by atoms with E-state index in [1.54, 1.807) is 24.3 Å². The molecule has 4 rings (SSSR count). The Morgan fingerprint density at radius 1 is 1.00 bits per heavy atom. The molecule has 0 saturated heterocycles. The van der Waals surface area contributed by atoms with Crippen molar-refractivity contribution in [1.82, 2.24) is 0 Å². The zero-order chi connectivity index (χ0) is 21.6. The van der Waals surface area contributed by atoms with Crippen molar-refractivity contribution in [3.8, 4) is 34.5 Å². The maximum atomic E-state index is 13.4. The zero-order valence-corrected chi connectivity index (χ0v) is 17.6. The Morgan fingerprint density at radius 2 is 1.67 bits per heavy atom. The summed E-state index contributed by atoms with van der Waals surface area (Å²) in [6, 6.07) is 5.04. The molecule has 0 radical (unpaired) electrons. The maximum Gasteiger partial charge on any atom is 0.181 e. The first-order valence-corrected chi connectivity index (χ1v) is 9.54. The second-order valence-corrected chi connectivity index (χ2v) is 7.73. The van der Waals surface area contributed by atoms with Crippen LogP contribution in [0.5, 0.6) is 34.5 Å². The molecule has 2 aliphatic heterocycles. The van der Waals surface area contributed by atoms with E-state index in [0.717, 1.165) is 0 Å². The minimum atomic E-state index is -0.680. The third-order valence-electron chi connectivity index (χ3n) is 5.37. The van der Waals surface area contributed by atoms with Gasteiger partial charge in [0, 0.05) is 17.7 Å². The standard InChI is InChI=1S/C23H24O7/c1-23(2)7-6-12-16(30-23)10-19-20(21(12)24)22(25)14(11-29-19)13-8-17(27-4)18(28-5)9-15(13)26-3/h6-10,14,24H,11H2,1-5H3. The van der Waals surface area contributed by atoms with Crippen LogP contribution in [0.1, 0.15) is 41.3 Å². The van der Waals surface area contributed by atoms with Gasteiger partial charge in [0.05, 0.1) is 32.8 Å². The second-order valence-electron chi connectivity index (χ2n) is 7.73. The lowest BCUT2D eigenvalue weighted by Gasteiger charge is -2.31. The number of phenolic OH excluding ortho intramolecular Hbond substituents is 1. The van der Waals surface area contributed by atoms with Gasteiger partial charge in [-0.3, -0.25) is 4.79 Å². The number of rotatable bonds is 4. The van der Waals surface area contributed by atoms with Crippen molar-refractivity contribution in [2.24, 2.45) is 0 Å². The Morgan fingerprint density at radius 3 is 2.33 bits per heavy atom. The molecule has 2 aliphatic rings. The smallest absolute Gasteiger partial charge is 0.181 e. The number of hydrogen-bond acceptors (Lipinski definition) is 7. The van der Waals surface area contributed by atoms with E-state index in [4.69, 9.17) is 23.7 Å². The topological polar surface area (TPSA) is 83.5 Å². The summed E-state index contributed by atoms with van der Waals surface area (Å²) in [6.45, 7) is 3.91. The van der Waals surface area contributed by atoms with Crippen molar-refractivity contribution in [1.29, 1.82) is 0 Å². The monoisotopic (exact) mass is 412 g/mol. The molecule has 0 saturated carbocycles. The number of Topliss-reactive ketones (excluding diaryl/α,β-unsaturated/α-hetero) is 1. The molecule has 7 nitrogen and oxygen atoms in total. The molecule has 2 aromatic carbocycles. The van der Waals surface area contributed by atoms with E-state index in [-0.39, 0.29) is 23.7 Å². The summed E-state index contributed by atoms with van der Waals surface area (Å²) in [6.07, 6.45) is 3.60. The summed E-state index contributed by atoms with van der Waals surface area (Å²) >= 11 is 0. The van der Waals surface area contributed by atoms with Gasteiger partial charge in [-0.15, -0.1) is 0 Å². The SMILES string of the molecule is COc1cc(OC)c(C2COc3cc4c(c(O)c3C2=O)C=CC(C)(C)O4)cc1OC. The summed E-state index contributed by atoms with van der Waals surface area (Å²) in [4.78, 5) is 13.4. The number of phenols is 1. The summed E-state index contributed by atoms with van der Waals surface area (Å²) in [5.41, 5.74) is 0.678. The molecule has 0 fully saturated rings. The molecule has 2 heterocycles. The number of benzene rings is 2. The molecule has 0 spiro atoms. The lowest BCUT2D eigenvalue weighted by Crippen LogP contribution is -2.29. The summed E-state index contributed by atoms with van der Waals surface area (Å²) in [7, 11) is 4.57. The maximum absolute atomic E-state index is 13.4. The first-order valence-electron chi connectivity index (χ1n) is 9.54. The van der Waals surface area contributed by atoms with Crippen molar-refractivity contribution in [3.05, 3.63) is 41.0 Å². The summed E-state index contributed by atoms with van der Waals surface area (Å²) in [5.74, 6) is 1.13. The molecule has 0 aromatic heterocycles. The van der Waals surface area contributed by atoms with E-state index in [1.165, 1.54) is 21.3 Å². The molecular weight excluding hydrogens is 388 g/mol. The van der Waals surface area contributed by atoms with Gasteiger partial charge in [-0.1, -0.05) is 0 Å². The molecule has 158 valence electrons. The van der Waals surface area contributed by atoms with Gasteiger partial charge in [0.2, 0.25) is 0 Å². The number of methoxy groups -OCH3 is 3. The molecule has 0 bridgehead atoms. The predicted octanol–water partition coefficient (Wildman–Crippen LogP) is 3.96. The Labute approximate surface area is 174 Å². The Kier molecular flexibility index (Phi) is 4.76. The fraction of sp³-hybridized carbons (Fsp3) is 0.348. The van der Waals surface area contributed by atoms with Crippen LogP contribution in [0.25, 0.3) is 6.08 Å². The van der Waals surface area contributed by atoms with Crippen LogP contribution >= 0.6 is 0 Å². The van der Waals surface area contributed by atoms with Crippen molar-refractivity contribution in [3.63, 3.8) is 0 Å². The predicted molar refractivity (Wildman–Crippen MR) is 111 cm³/mol. The van der Waals surface area contributed by atoms with Gasteiger partial charge < -0.3 is 28.8 Å². The highest BCUT2D eigenvalue weighted by molar-refractivity contribution is 6.08. The number of carbonyl (C=O) groups excluding carboxylic acids is 1. The van der Waals surface area contributed by atoms with Crippen LogP contribution in [0.2, 0.25) is 0 Å². The third kappa shape index (κ3) is 3.10. The highest BCUT2D eigenvalue weighted by Gasteiger charge is 2.38. The van der Waals surface area contributed by atoms with Gasteiger partial charge in [0.15, 0.2) is 17.3 Å². The Balaban J connectivity index is 1.80. The zero-order valence-electron chi connectivity index (χ0n) is 17.6. The van der Waals surface area contributed by atoms with Crippen molar-refractivity contribution >= 4 is 11.9 Å². The molecule has 2 aromatic rings. The van der Waals surface area contributed by atoms with E-state index in [1.807, 2.05) is 19.9 Å². The fourth-order valence-electron chi connectivity index (χ4n) is 3.82. The largest absolute Gasteiger partial charge is 0.506 e. The van der Waals surface area contributed by atoms with Crippen molar-refractivity contribution in [2.45, 2.75) is 25.4 Å². The number of hydrogen-bond donors (Lipinski definition) is 1. The van der Waals surface area contributed by atoms with Gasteiger partial charge in [-0.2, -0.15) is 0 Å². The minimum absolute atomic E-state index is 0.0924. The van der Waals surface area contributed by atoms with Crippen LogP contribution < -0.4 is 23.7 Å². The van der Waals surface area contributed by atoms with Crippen LogP contribution in [0, 0.1) is 0 Å². The minimum Gasteiger partial charge on any atom is -0.506 e.